The summed E-state index contributed by atoms with van der Waals surface area (Å²) in [7, 11) is 0. The topological polar surface area (TPSA) is 34.1 Å². The van der Waals surface area contributed by atoms with Gasteiger partial charge in [0.05, 0.1) is 32.5 Å². The highest BCUT2D eigenvalue weighted by atomic mass is 16.5. The molecule has 4 nitrogen and oxygen atoms in total. The van der Waals surface area contributed by atoms with E-state index < -0.39 is 0 Å². The van der Waals surface area contributed by atoms with Gasteiger partial charge in [-0.1, -0.05) is 30.3 Å². The normalized spacial score (nSPS) is 15.2. The Morgan fingerprint density at radius 3 is 2.45 bits per heavy atom. The van der Waals surface area contributed by atoms with Gasteiger partial charge in [-0.05, 0) is 35.4 Å². The number of morpholine rings is 1. The van der Waals surface area contributed by atoms with E-state index in [9.17, 15) is 0 Å². The van der Waals surface area contributed by atoms with Crippen LogP contribution in [0, 0.1) is 0 Å². The predicted octanol–water partition coefficient (Wildman–Crippen LogP) is 2.93. The molecule has 0 atom stereocenters. The molecule has 1 aliphatic rings. The predicted molar refractivity (Wildman–Crippen MR) is 87.2 cm³/mol. The molecule has 0 unspecified atom stereocenters. The van der Waals surface area contributed by atoms with Crippen molar-refractivity contribution >= 4 is 6.21 Å². The molecule has 22 heavy (non-hydrogen) atoms. The summed E-state index contributed by atoms with van der Waals surface area (Å²) in [4.78, 5) is 0. The molecule has 0 aliphatic carbocycles. The van der Waals surface area contributed by atoms with Crippen molar-refractivity contribution in [1.82, 2.24) is 5.01 Å². The first-order valence-electron chi connectivity index (χ1n) is 7.54. The molecule has 0 aromatic heterocycles. The van der Waals surface area contributed by atoms with Crippen LogP contribution in [0.4, 0.5) is 0 Å². The Morgan fingerprint density at radius 2 is 1.73 bits per heavy atom. The minimum Gasteiger partial charge on any atom is -0.489 e. The highest BCUT2D eigenvalue weighted by molar-refractivity contribution is 5.79. The second-order valence-electron chi connectivity index (χ2n) is 5.15. The molecule has 2 aromatic rings. The Bertz CT molecular complexity index is 590. The molecule has 0 N–H and O–H groups in total. The van der Waals surface area contributed by atoms with Gasteiger partial charge >= 0.3 is 0 Å². The van der Waals surface area contributed by atoms with Crippen molar-refractivity contribution in [3.63, 3.8) is 0 Å². The van der Waals surface area contributed by atoms with E-state index in [-0.39, 0.29) is 0 Å². The van der Waals surface area contributed by atoms with E-state index in [1.165, 1.54) is 5.56 Å². The van der Waals surface area contributed by atoms with Gasteiger partial charge in [0.2, 0.25) is 0 Å². The molecular weight excluding hydrogens is 276 g/mol. The van der Waals surface area contributed by atoms with Crippen LogP contribution >= 0.6 is 0 Å². The van der Waals surface area contributed by atoms with E-state index in [4.69, 9.17) is 9.47 Å². The molecule has 2 aromatic carbocycles. The highest BCUT2D eigenvalue weighted by Crippen LogP contribution is 2.13. The Morgan fingerprint density at radius 1 is 1.00 bits per heavy atom. The molecule has 1 saturated heterocycles. The first-order chi connectivity index (χ1) is 10.9. The lowest BCUT2D eigenvalue weighted by Crippen LogP contribution is -2.32. The molecule has 0 bridgehead atoms. The molecule has 1 fully saturated rings. The molecule has 0 saturated carbocycles. The van der Waals surface area contributed by atoms with Crippen molar-refractivity contribution in [3.05, 3.63) is 65.7 Å². The average molecular weight is 296 g/mol. The number of hydrogen-bond acceptors (Lipinski definition) is 4. The minimum atomic E-state index is 0.585. The van der Waals surface area contributed by atoms with Crippen molar-refractivity contribution in [1.29, 1.82) is 0 Å². The summed E-state index contributed by atoms with van der Waals surface area (Å²) in [5, 5.41) is 6.50. The molecule has 0 radical (unpaired) electrons. The lowest BCUT2D eigenvalue weighted by atomic mass is 10.2. The first-order valence-corrected chi connectivity index (χ1v) is 7.54. The average Bonchev–Trinajstić information content (AvgIpc) is 2.61. The van der Waals surface area contributed by atoms with Crippen molar-refractivity contribution in [2.45, 2.75) is 6.61 Å². The number of rotatable bonds is 5. The summed E-state index contributed by atoms with van der Waals surface area (Å²) in [5.41, 5.74) is 2.24. The standard InChI is InChI=1S/C18H20N2O2/c1-2-4-17(5-3-1)15-22-18-8-6-16(7-9-18)14-19-20-10-12-21-13-11-20/h1-9,14H,10-13,15H2. The van der Waals surface area contributed by atoms with Gasteiger partial charge in [0, 0.05) is 0 Å². The maximum absolute atomic E-state index is 5.77. The summed E-state index contributed by atoms with van der Waals surface area (Å²) in [5.74, 6) is 0.868. The first kappa shape index (κ1) is 14.6. The zero-order chi connectivity index (χ0) is 15.0. The molecule has 1 aliphatic heterocycles. The summed E-state index contributed by atoms with van der Waals surface area (Å²) in [6.45, 7) is 3.80. The second-order valence-corrected chi connectivity index (χ2v) is 5.15. The van der Waals surface area contributed by atoms with Crippen molar-refractivity contribution < 1.29 is 9.47 Å². The molecule has 4 heteroatoms. The van der Waals surface area contributed by atoms with E-state index in [0.717, 1.165) is 37.6 Å². The highest BCUT2D eigenvalue weighted by Gasteiger charge is 2.06. The van der Waals surface area contributed by atoms with Crippen LogP contribution in [0.2, 0.25) is 0 Å². The molecule has 0 spiro atoms. The van der Waals surface area contributed by atoms with E-state index >= 15 is 0 Å². The van der Waals surface area contributed by atoms with E-state index in [1.807, 2.05) is 53.7 Å². The van der Waals surface area contributed by atoms with Crippen LogP contribution in [-0.2, 0) is 11.3 Å². The SMILES string of the molecule is C(=NN1CCOCC1)c1ccc(OCc2ccccc2)cc1. The Balaban J connectivity index is 1.52. The zero-order valence-electron chi connectivity index (χ0n) is 12.5. The van der Waals surface area contributed by atoms with Crippen molar-refractivity contribution in [2.75, 3.05) is 26.3 Å². The van der Waals surface area contributed by atoms with Gasteiger partial charge < -0.3 is 9.47 Å². The maximum Gasteiger partial charge on any atom is 0.119 e. The summed E-state index contributed by atoms with van der Waals surface area (Å²) < 4.78 is 11.1. The van der Waals surface area contributed by atoms with Gasteiger partial charge in [-0.15, -0.1) is 0 Å². The number of benzene rings is 2. The fraction of sp³-hybridized carbons (Fsp3) is 0.278. The van der Waals surface area contributed by atoms with Gasteiger partial charge in [-0.25, -0.2) is 0 Å². The van der Waals surface area contributed by atoms with Gasteiger partial charge in [0.1, 0.15) is 12.4 Å². The zero-order valence-corrected chi connectivity index (χ0v) is 12.5. The van der Waals surface area contributed by atoms with E-state index in [1.54, 1.807) is 0 Å². The van der Waals surface area contributed by atoms with Crippen LogP contribution < -0.4 is 4.74 Å². The summed E-state index contributed by atoms with van der Waals surface area (Å²) >= 11 is 0. The molecule has 1 heterocycles. The second kappa shape index (κ2) is 7.61. The van der Waals surface area contributed by atoms with Gasteiger partial charge in [-0.3, -0.25) is 5.01 Å². The largest absolute Gasteiger partial charge is 0.489 e. The van der Waals surface area contributed by atoms with E-state index in [2.05, 4.69) is 17.2 Å². The van der Waals surface area contributed by atoms with Crippen LogP contribution in [0.1, 0.15) is 11.1 Å². The number of hydrogen-bond donors (Lipinski definition) is 0. The third kappa shape index (κ3) is 4.33. The number of nitrogens with zero attached hydrogens (tertiary/aromatic N) is 2. The van der Waals surface area contributed by atoms with Gasteiger partial charge in [0.25, 0.3) is 0 Å². The lowest BCUT2D eigenvalue weighted by molar-refractivity contribution is 0.0397. The van der Waals surface area contributed by atoms with Gasteiger partial charge in [0.15, 0.2) is 0 Å². The van der Waals surface area contributed by atoms with Crippen LogP contribution in [0.3, 0.4) is 0 Å². The summed E-state index contributed by atoms with van der Waals surface area (Å²) in [6, 6.07) is 18.1. The molecule has 3 rings (SSSR count). The third-order valence-electron chi connectivity index (χ3n) is 3.49. The number of hydrazone groups is 1. The van der Waals surface area contributed by atoms with Crippen LogP contribution in [-0.4, -0.2) is 37.5 Å². The van der Waals surface area contributed by atoms with Crippen LogP contribution in [0.25, 0.3) is 0 Å². The Hall–Kier alpha value is -2.33. The summed E-state index contributed by atoms with van der Waals surface area (Å²) in [6.07, 6.45) is 1.88. The Labute approximate surface area is 131 Å². The maximum atomic E-state index is 5.77. The third-order valence-corrected chi connectivity index (χ3v) is 3.49. The van der Waals surface area contributed by atoms with Crippen LogP contribution in [0.5, 0.6) is 5.75 Å². The van der Waals surface area contributed by atoms with E-state index in [0.29, 0.717) is 6.61 Å². The number of ether oxygens (including phenoxy) is 2. The van der Waals surface area contributed by atoms with Crippen molar-refractivity contribution in [2.24, 2.45) is 5.10 Å². The fourth-order valence-electron chi connectivity index (χ4n) is 2.21. The smallest absolute Gasteiger partial charge is 0.119 e. The quantitative estimate of drug-likeness (QED) is 0.796. The van der Waals surface area contributed by atoms with Gasteiger partial charge in [-0.2, -0.15) is 5.10 Å². The lowest BCUT2D eigenvalue weighted by Gasteiger charge is -2.23. The van der Waals surface area contributed by atoms with Crippen LogP contribution in [0.15, 0.2) is 59.7 Å². The molecule has 114 valence electrons. The molecular formula is C18H20N2O2. The van der Waals surface area contributed by atoms with Crippen molar-refractivity contribution in [3.8, 4) is 5.75 Å². The fourth-order valence-corrected chi connectivity index (χ4v) is 2.21. The monoisotopic (exact) mass is 296 g/mol. The Kier molecular flexibility index (Phi) is 5.05. The minimum absolute atomic E-state index is 0.585. The molecule has 0 amide bonds.